The van der Waals surface area contributed by atoms with Gasteiger partial charge in [-0.1, -0.05) is 6.07 Å². The topological polar surface area (TPSA) is 43.3 Å². The highest BCUT2D eigenvalue weighted by Gasteiger charge is 2.41. The van der Waals surface area contributed by atoms with Gasteiger partial charge in [-0.15, -0.1) is 0 Å². The minimum atomic E-state index is 0.373. The number of imidazole rings is 1. The number of nitrogens with two attached hydrogens (primary N) is 1. The Hall–Kier alpha value is -1.35. The van der Waals surface area contributed by atoms with E-state index in [9.17, 15) is 0 Å². The summed E-state index contributed by atoms with van der Waals surface area (Å²) < 4.78 is 2.07. The average Bonchev–Trinajstić information content (AvgIpc) is 2.91. The number of aromatic nitrogens is 2. The monoisotopic (exact) mass is 201 g/mol. The molecule has 0 saturated heterocycles. The molecule has 1 saturated carbocycles. The highest BCUT2D eigenvalue weighted by atomic mass is 15.0. The zero-order valence-electron chi connectivity index (χ0n) is 8.69. The summed E-state index contributed by atoms with van der Waals surface area (Å²) in [5.41, 5.74) is 8.35. The van der Waals surface area contributed by atoms with Gasteiger partial charge in [-0.2, -0.15) is 0 Å². The van der Waals surface area contributed by atoms with Gasteiger partial charge < -0.3 is 10.1 Å². The predicted molar refractivity (Wildman–Crippen MR) is 59.6 cm³/mol. The van der Waals surface area contributed by atoms with E-state index in [1.54, 1.807) is 0 Å². The molecule has 0 aliphatic heterocycles. The molecule has 3 nitrogen and oxygen atoms in total. The number of pyridine rings is 1. The van der Waals surface area contributed by atoms with Crippen molar-refractivity contribution in [2.24, 2.45) is 11.1 Å². The van der Waals surface area contributed by atoms with E-state index in [1.165, 1.54) is 18.5 Å². The van der Waals surface area contributed by atoms with Crippen molar-refractivity contribution in [2.75, 3.05) is 6.54 Å². The Morgan fingerprint density at radius 3 is 2.93 bits per heavy atom. The molecule has 0 atom stereocenters. The highest BCUT2D eigenvalue weighted by molar-refractivity contribution is 5.39. The Bertz CT molecular complexity index is 449. The maximum absolute atomic E-state index is 5.78. The third-order valence-corrected chi connectivity index (χ3v) is 3.36. The molecule has 0 radical (unpaired) electrons. The summed E-state index contributed by atoms with van der Waals surface area (Å²) >= 11 is 0. The van der Waals surface area contributed by atoms with Crippen molar-refractivity contribution in [1.29, 1.82) is 0 Å². The fraction of sp³-hybridized carbons (Fsp3) is 0.417. The maximum atomic E-state index is 5.78. The Morgan fingerprint density at radius 2 is 2.27 bits per heavy atom. The van der Waals surface area contributed by atoms with Gasteiger partial charge in [0.25, 0.3) is 0 Å². The van der Waals surface area contributed by atoms with Crippen LogP contribution in [-0.4, -0.2) is 15.9 Å². The fourth-order valence-electron chi connectivity index (χ4n) is 2.09. The van der Waals surface area contributed by atoms with Crippen molar-refractivity contribution >= 4 is 5.65 Å². The molecule has 0 unspecified atom stereocenters. The zero-order valence-corrected chi connectivity index (χ0v) is 8.69. The van der Waals surface area contributed by atoms with Crippen molar-refractivity contribution in [3.05, 3.63) is 36.3 Å². The van der Waals surface area contributed by atoms with Gasteiger partial charge in [0.15, 0.2) is 0 Å². The lowest BCUT2D eigenvalue weighted by Crippen LogP contribution is -2.17. The van der Waals surface area contributed by atoms with Crippen LogP contribution >= 0.6 is 0 Å². The summed E-state index contributed by atoms with van der Waals surface area (Å²) in [4.78, 5) is 4.59. The molecule has 0 aromatic carbocycles. The van der Waals surface area contributed by atoms with Gasteiger partial charge in [0.05, 0.1) is 5.69 Å². The van der Waals surface area contributed by atoms with E-state index >= 15 is 0 Å². The second-order valence-electron chi connectivity index (χ2n) is 4.58. The molecule has 3 rings (SSSR count). The van der Waals surface area contributed by atoms with E-state index in [4.69, 9.17) is 5.73 Å². The average molecular weight is 201 g/mol. The van der Waals surface area contributed by atoms with Crippen LogP contribution in [0.4, 0.5) is 0 Å². The Labute approximate surface area is 88.9 Å². The first kappa shape index (κ1) is 8.92. The first-order valence-electron chi connectivity index (χ1n) is 5.44. The van der Waals surface area contributed by atoms with Crippen molar-refractivity contribution in [2.45, 2.75) is 19.3 Å². The minimum Gasteiger partial charge on any atom is -0.330 e. The number of nitrogens with zero attached hydrogens (tertiary/aromatic N) is 2. The molecule has 3 heteroatoms. The molecule has 2 aromatic heterocycles. The summed E-state index contributed by atoms with van der Waals surface area (Å²) in [5.74, 6) is 0. The van der Waals surface area contributed by atoms with E-state index in [0.717, 1.165) is 18.6 Å². The molecule has 1 aliphatic carbocycles. The van der Waals surface area contributed by atoms with Crippen LogP contribution in [0.5, 0.6) is 0 Å². The Kier molecular flexibility index (Phi) is 1.83. The van der Waals surface area contributed by atoms with Crippen LogP contribution in [0, 0.1) is 5.41 Å². The molecule has 15 heavy (non-hydrogen) atoms. The number of hydrogen-bond donors (Lipinski definition) is 1. The van der Waals surface area contributed by atoms with Crippen molar-refractivity contribution in [3.8, 4) is 0 Å². The lowest BCUT2D eigenvalue weighted by molar-refractivity contribution is 0.515. The van der Waals surface area contributed by atoms with Crippen molar-refractivity contribution < 1.29 is 0 Å². The first-order chi connectivity index (χ1) is 7.31. The standard InChI is InChI=1S/C12H15N3/c13-9-12(4-5-12)7-10-8-15-6-2-1-3-11(15)14-10/h1-3,6,8H,4-5,7,9,13H2. The van der Waals surface area contributed by atoms with Gasteiger partial charge in [-0.05, 0) is 43.4 Å². The number of hydrogen-bond acceptors (Lipinski definition) is 2. The van der Waals surface area contributed by atoms with Crippen LogP contribution in [0.1, 0.15) is 18.5 Å². The molecule has 1 fully saturated rings. The summed E-state index contributed by atoms with van der Waals surface area (Å²) in [7, 11) is 0. The number of rotatable bonds is 3. The van der Waals surface area contributed by atoms with Crippen LogP contribution in [0.3, 0.4) is 0 Å². The molecule has 2 aromatic rings. The van der Waals surface area contributed by atoms with E-state index in [2.05, 4.69) is 15.6 Å². The van der Waals surface area contributed by atoms with Crippen LogP contribution in [0.25, 0.3) is 5.65 Å². The van der Waals surface area contributed by atoms with Gasteiger partial charge in [0, 0.05) is 12.4 Å². The van der Waals surface area contributed by atoms with Crippen LogP contribution in [0.2, 0.25) is 0 Å². The molecule has 0 spiro atoms. The number of fused-ring (bicyclic) bond motifs is 1. The van der Waals surface area contributed by atoms with Crippen molar-refractivity contribution in [1.82, 2.24) is 9.38 Å². The molecule has 1 aliphatic rings. The molecule has 2 N–H and O–H groups in total. The highest BCUT2D eigenvalue weighted by Crippen LogP contribution is 2.47. The van der Waals surface area contributed by atoms with E-state index in [0.29, 0.717) is 5.41 Å². The van der Waals surface area contributed by atoms with Crippen molar-refractivity contribution in [3.63, 3.8) is 0 Å². The summed E-state index contributed by atoms with van der Waals surface area (Å²) in [5, 5.41) is 0. The largest absolute Gasteiger partial charge is 0.330 e. The Morgan fingerprint density at radius 1 is 1.40 bits per heavy atom. The normalized spacial score (nSPS) is 18.2. The molecule has 78 valence electrons. The summed E-state index contributed by atoms with van der Waals surface area (Å²) in [6, 6.07) is 6.07. The fourth-order valence-corrected chi connectivity index (χ4v) is 2.09. The third-order valence-electron chi connectivity index (χ3n) is 3.36. The molecular weight excluding hydrogens is 186 g/mol. The zero-order chi connectivity index (χ0) is 10.3. The Balaban J connectivity index is 1.92. The lowest BCUT2D eigenvalue weighted by atomic mass is 10.0. The SMILES string of the molecule is NCC1(Cc2cn3ccccc3n2)CC1. The van der Waals surface area contributed by atoms with Crippen LogP contribution < -0.4 is 5.73 Å². The molecular formula is C12H15N3. The minimum absolute atomic E-state index is 0.373. The second kappa shape index (κ2) is 3.07. The van der Waals surface area contributed by atoms with E-state index in [-0.39, 0.29) is 0 Å². The lowest BCUT2D eigenvalue weighted by Gasteiger charge is -2.08. The van der Waals surface area contributed by atoms with E-state index in [1.807, 2.05) is 24.4 Å². The van der Waals surface area contributed by atoms with Crippen LogP contribution in [0.15, 0.2) is 30.6 Å². The van der Waals surface area contributed by atoms with Crippen LogP contribution in [-0.2, 0) is 6.42 Å². The smallest absolute Gasteiger partial charge is 0.136 e. The van der Waals surface area contributed by atoms with Gasteiger partial charge in [0.2, 0.25) is 0 Å². The van der Waals surface area contributed by atoms with Gasteiger partial charge in [-0.3, -0.25) is 0 Å². The van der Waals surface area contributed by atoms with Gasteiger partial charge in [-0.25, -0.2) is 4.98 Å². The summed E-state index contributed by atoms with van der Waals surface area (Å²) in [6.45, 7) is 0.793. The molecule has 0 amide bonds. The van der Waals surface area contributed by atoms with E-state index < -0.39 is 0 Å². The predicted octanol–water partition coefficient (Wildman–Crippen LogP) is 1.62. The second-order valence-corrected chi connectivity index (χ2v) is 4.58. The van der Waals surface area contributed by atoms with Gasteiger partial charge in [0.1, 0.15) is 5.65 Å². The maximum Gasteiger partial charge on any atom is 0.136 e. The summed E-state index contributed by atoms with van der Waals surface area (Å²) in [6.07, 6.45) is 7.71. The quantitative estimate of drug-likeness (QED) is 0.820. The van der Waals surface area contributed by atoms with Gasteiger partial charge >= 0.3 is 0 Å². The molecule has 0 bridgehead atoms. The molecule has 2 heterocycles. The first-order valence-corrected chi connectivity index (χ1v) is 5.44. The third kappa shape index (κ3) is 1.53.